The first kappa shape index (κ1) is 18.7. The van der Waals surface area contributed by atoms with Crippen molar-refractivity contribution in [3.8, 4) is 0 Å². The van der Waals surface area contributed by atoms with Gasteiger partial charge in [0.05, 0.1) is 0 Å². The van der Waals surface area contributed by atoms with Crippen molar-refractivity contribution in [3.63, 3.8) is 0 Å². The summed E-state index contributed by atoms with van der Waals surface area (Å²) in [5.41, 5.74) is 0.473. The second-order valence-electron chi connectivity index (χ2n) is 5.80. The summed E-state index contributed by atoms with van der Waals surface area (Å²) >= 11 is 0.441. The van der Waals surface area contributed by atoms with Gasteiger partial charge in [-0.2, -0.15) is 8.78 Å². The van der Waals surface area contributed by atoms with E-state index in [2.05, 4.69) is 5.32 Å². The van der Waals surface area contributed by atoms with Gasteiger partial charge < -0.3 is 10.1 Å². The molecule has 1 amide bonds. The van der Waals surface area contributed by atoms with Gasteiger partial charge in [-0.3, -0.25) is 9.59 Å². The molecular formula is C17H21F2NO3S. The maximum atomic E-state index is 12.2. The summed E-state index contributed by atoms with van der Waals surface area (Å²) in [5.74, 6) is -2.68. The Kier molecular flexibility index (Phi) is 7.49. The van der Waals surface area contributed by atoms with Crippen LogP contribution in [0.15, 0.2) is 29.2 Å². The van der Waals surface area contributed by atoms with Crippen molar-refractivity contribution in [1.82, 2.24) is 0 Å². The van der Waals surface area contributed by atoms with E-state index in [-0.39, 0.29) is 12.6 Å². The molecule has 1 aliphatic rings. The van der Waals surface area contributed by atoms with Crippen molar-refractivity contribution in [1.29, 1.82) is 0 Å². The molecule has 4 nitrogen and oxygen atoms in total. The number of hydrogen-bond acceptors (Lipinski definition) is 4. The third-order valence-corrected chi connectivity index (χ3v) is 4.68. The molecule has 0 radical (unpaired) electrons. The fourth-order valence-electron chi connectivity index (χ4n) is 2.76. The van der Waals surface area contributed by atoms with Crippen LogP contribution in [0.1, 0.15) is 38.5 Å². The smallest absolute Gasteiger partial charge is 0.306 e. The summed E-state index contributed by atoms with van der Waals surface area (Å²) in [6.07, 6.45) is 5.98. The molecular weight excluding hydrogens is 336 g/mol. The Morgan fingerprint density at radius 2 is 1.88 bits per heavy atom. The Morgan fingerprint density at radius 3 is 2.50 bits per heavy atom. The number of amides is 1. The van der Waals surface area contributed by atoms with E-state index in [9.17, 15) is 18.4 Å². The molecule has 1 N–H and O–H groups in total. The second-order valence-corrected chi connectivity index (χ2v) is 6.86. The molecule has 0 saturated heterocycles. The summed E-state index contributed by atoms with van der Waals surface area (Å²) < 4.78 is 29.4. The molecule has 0 bridgehead atoms. The standard InChI is InChI=1S/C17H21F2NO3S/c18-17(19)24-14-8-6-13(7-9-14)20-15(21)11-23-16(22)10-5-12-3-1-2-4-12/h6-9,12,17H,1-5,10-11H2,(H,20,21). The number of carbonyl (C=O) groups is 2. The van der Waals surface area contributed by atoms with Gasteiger partial charge in [-0.1, -0.05) is 37.4 Å². The Bertz CT molecular complexity index is 545. The molecule has 0 aliphatic heterocycles. The Labute approximate surface area is 144 Å². The molecule has 0 spiro atoms. The van der Waals surface area contributed by atoms with Crippen molar-refractivity contribution < 1.29 is 23.1 Å². The lowest BCUT2D eigenvalue weighted by molar-refractivity contribution is -0.147. The predicted octanol–water partition coefficient (Wildman–Crippen LogP) is 4.45. The zero-order valence-electron chi connectivity index (χ0n) is 13.3. The number of anilines is 1. The van der Waals surface area contributed by atoms with Crippen LogP contribution in [0.2, 0.25) is 0 Å². The third-order valence-electron chi connectivity index (χ3n) is 3.96. The number of carbonyl (C=O) groups excluding carboxylic acids is 2. The quantitative estimate of drug-likeness (QED) is 0.551. The Balaban J connectivity index is 1.65. The van der Waals surface area contributed by atoms with Gasteiger partial charge in [-0.15, -0.1) is 0 Å². The van der Waals surface area contributed by atoms with Crippen molar-refractivity contribution >= 4 is 29.3 Å². The molecule has 0 atom stereocenters. The van der Waals surface area contributed by atoms with Gasteiger partial charge in [0.1, 0.15) is 0 Å². The summed E-state index contributed by atoms with van der Waals surface area (Å²) in [5, 5.41) is 2.56. The Morgan fingerprint density at radius 1 is 1.21 bits per heavy atom. The highest BCUT2D eigenvalue weighted by molar-refractivity contribution is 7.99. The van der Waals surface area contributed by atoms with E-state index in [4.69, 9.17) is 4.74 Å². The maximum absolute atomic E-state index is 12.2. The first-order valence-electron chi connectivity index (χ1n) is 8.03. The maximum Gasteiger partial charge on any atom is 0.306 e. The largest absolute Gasteiger partial charge is 0.456 e. The first-order chi connectivity index (χ1) is 11.5. The van der Waals surface area contributed by atoms with Crippen molar-refractivity contribution in [2.75, 3.05) is 11.9 Å². The molecule has 1 aromatic rings. The number of hydrogen-bond donors (Lipinski definition) is 1. The number of alkyl halides is 2. The van der Waals surface area contributed by atoms with Crippen molar-refractivity contribution in [3.05, 3.63) is 24.3 Å². The third kappa shape index (κ3) is 6.86. The van der Waals surface area contributed by atoms with Gasteiger partial charge in [0.25, 0.3) is 11.7 Å². The Hall–Kier alpha value is -1.63. The summed E-state index contributed by atoms with van der Waals surface area (Å²) in [6, 6.07) is 6.06. The predicted molar refractivity (Wildman–Crippen MR) is 89.1 cm³/mol. The number of rotatable bonds is 8. The van der Waals surface area contributed by atoms with Gasteiger partial charge in [0.15, 0.2) is 6.61 Å². The monoisotopic (exact) mass is 357 g/mol. The van der Waals surface area contributed by atoms with Gasteiger partial charge in [0.2, 0.25) is 0 Å². The number of nitrogens with one attached hydrogen (secondary N) is 1. The number of ether oxygens (including phenoxy) is 1. The van der Waals surface area contributed by atoms with Crippen molar-refractivity contribution in [2.45, 2.75) is 49.2 Å². The van der Waals surface area contributed by atoms with Crippen LogP contribution in [0, 0.1) is 5.92 Å². The van der Waals surface area contributed by atoms with Gasteiger partial charge in [-0.05, 0) is 36.6 Å². The molecule has 1 saturated carbocycles. The van der Waals surface area contributed by atoms with E-state index in [1.165, 1.54) is 49.9 Å². The fourth-order valence-corrected chi connectivity index (χ4v) is 3.25. The average Bonchev–Trinajstić information content (AvgIpc) is 3.06. The highest BCUT2D eigenvalue weighted by Crippen LogP contribution is 2.28. The zero-order valence-corrected chi connectivity index (χ0v) is 14.1. The molecule has 1 fully saturated rings. The molecule has 0 aromatic heterocycles. The molecule has 0 heterocycles. The van der Waals surface area contributed by atoms with Crippen LogP contribution in [-0.4, -0.2) is 24.2 Å². The van der Waals surface area contributed by atoms with Crippen LogP contribution in [0.4, 0.5) is 14.5 Å². The lowest BCUT2D eigenvalue weighted by Gasteiger charge is -2.09. The highest BCUT2D eigenvalue weighted by atomic mass is 32.2. The van der Waals surface area contributed by atoms with Gasteiger partial charge >= 0.3 is 5.97 Å². The van der Waals surface area contributed by atoms with Gasteiger partial charge in [0, 0.05) is 17.0 Å². The van der Waals surface area contributed by atoms with E-state index in [0.717, 1.165) is 6.42 Å². The minimum absolute atomic E-state index is 0.336. The molecule has 1 aromatic carbocycles. The van der Waals surface area contributed by atoms with E-state index < -0.39 is 11.7 Å². The van der Waals surface area contributed by atoms with E-state index in [1.54, 1.807) is 0 Å². The van der Waals surface area contributed by atoms with E-state index >= 15 is 0 Å². The number of thioether (sulfide) groups is 1. The van der Waals surface area contributed by atoms with Crippen LogP contribution < -0.4 is 5.32 Å². The van der Waals surface area contributed by atoms with Crippen LogP contribution >= 0.6 is 11.8 Å². The zero-order chi connectivity index (χ0) is 17.4. The minimum atomic E-state index is -2.48. The number of halogens is 2. The summed E-state index contributed by atoms with van der Waals surface area (Å²) in [7, 11) is 0. The second kappa shape index (κ2) is 9.61. The molecule has 132 valence electrons. The molecule has 24 heavy (non-hydrogen) atoms. The lowest BCUT2D eigenvalue weighted by Crippen LogP contribution is -2.21. The SMILES string of the molecule is O=C(COC(=O)CCC1CCCC1)Nc1ccc(SC(F)F)cc1. The number of esters is 1. The minimum Gasteiger partial charge on any atom is -0.456 e. The summed E-state index contributed by atoms with van der Waals surface area (Å²) in [6.45, 7) is -0.336. The molecule has 1 aliphatic carbocycles. The topological polar surface area (TPSA) is 55.4 Å². The highest BCUT2D eigenvalue weighted by Gasteiger charge is 2.17. The average molecular weight is 357 g/mol. The first-order valence-corrected chi connectivity index (χ1v) is 8.91. The fraction of sp³-hybridized carbons (Fsp3) is 0.529. The van der Waals surface area contributed by atoms with E-state index in [0.29, 0.717) is 34.7 Å². The normalized spacial score (nSPS) is 14.8. The van der Waals surface area contributed by atoms with Crippen LogP contribution in [-0.2, 0) is 14.3 Å². The van der Waals surface area contributed by atoms with Crippen LogP contribution in [0.5, 0.6) is 0 Å². The van der Waals surface area contributed by atoms with Crippen molar-refractivity contribution in [2.24, 2.45) is 5.92 Å². The lowest BCUT2D eigenvalue weighted by atomic mass is 10.0. The number of benzene rings is 1. The van der Waals surface area contributed by atoms with Crippen LogP contribution in [0.25, 0.3) is 0 Å². The molecule has 0 unspecified atom stereocenters. The molecule has 7 heteroatoms. The van der Waals surface area contributed by atoms with E-state index in [1.807, 2.05) is 0 Å². The van der Waals surface area contributed by atoms with Crippen LogP contribution in [0.3, 0.4) is 0 Å². The van der Waals surface area contributed by atoms with Gasteiger partial charge in [-0.25, -0.2) is 0 Å². The summed E-state index contributed by atoms with van der Waals surface area (Å²) in [4.78, 5) is 23.8. The molecule has 2 rings (SSSR count).